The Morgan fingerprint density at radius 3 is 2.39 bits per heavy atom. The average molecular weight is 516 g/mol. The quantitative estimate of drug-likeness (QED) is 0.329. The van der Waals surface area contributed by atoms with Crippen molar-refractivity contribution in [2.24, 2.45) is 0 Å². The highest BCUT2D eigenvalue weighted by Gasteiger charge is 2.30. The summed E-state index contributed by atoms with van der Waals surface area (Å²) in [5, 5.41) is 15.2. The largest absolute Gasteiger partial charge is 0.416 e. The molecule has 0 spiro atoms. The van der Waals surface area contributed by atoms with Gasteiger partial charge < -0.3 is 15.7 Å². The molecular weight excluding hydrogens is 495 g/mol. The number of nitrogens with one attached hydrogen (secondary N) is 2. The van der Waals surface area contributed by atoms with Crippen molar-refractivity contribution in [3.63, 3.8) is 0 Å². The number of anilines is 2. The van der Waals surface area contributed by atoms with Crippen molar-refractivity contribution in [1.82, 2.24) is 4.98 Å². The molecule has 3 N–H and O–H groups in total. The third kappa shape index (κ3) is 6.18. The molecular formula is C26H21ClF3N3O3. The number of rotatable bonds is 5. The maximum atomic E-state index is 12.9. The van der Waals surface area contributed by atoms with Crippen molar-refractivity contribution < 1.29 is 27.9 Å². The Morgan fingerprint density at radius 2 is 1.72 bits per heavy atom. The topological polar surface area (TPSA) is 91.3 Å². The Hall–Kier alpha value is -3.95. The van der Waals surface area contributed by atoms with Crippen LogP contribution in [0.1, 0.15) is 22.3 Å². The molecule has 0 saturated carbocycles. The van der Waals surface area contributed by atoms with E-state index >= 15 is 0 Å². The van der Waals surface area contributed by atoms with E-state index in [0.29, 0.717) is 33.6 Å². The number of halogens is 4. The van der Waals surface area contributed by atoms with Crippen LogP contribution in [0.3, 0.4) is 0 Å². The standard InChI is InChI=1S/C26H20F3N3O3.ClH/c27-26(28,29)18-9-7-16(8-10-18)19(17-11-13-30-14-12-17)3-1-6-24(34)31-21-4-2-5-22-20(21)15-23(33)25(35)32-22;/h1-14,23,33H,15H2,(H,31,34)(H,32,35);1H/b6-1+,19-3+;. The van der Waals surface area contributed by atoms with Crippen LogP contribution in [0.2, 0.25) is 0 Å². The smallest absolute Gasteiger partial charge is 0.383 e. The summed E-state index contributed by atoms with van der Waals surface area (Å²) in [6.45, 7) is 0. The number of fused-ring (bicyclic) bond motifs is 1. The van der Waals surface area contributed by atoms with Crippen LogP contribution in [0.15, 0.2) is 85.2 Å². The molecule has 36 heavy (non-hydrogen) atoms. The number of pyridine rings is 1. The predicted octanol–water partition coefficient (Wildman–Crippen LogP) is 5.00. The highest BCUT2D eigenvalue weighted by atomic mass is 35.5. The molecule has 0 aliphatic carbocycles. The van der Waals surface area contributed by atoms with Crippen molar-refractivity contribution in [3.05, 3.63) is 107 Å². The van der Waals surface area contributed by atoms with Crippen LogP contribution in [-0.4, -0.2) is 28.0 Å². The number of nitrogens with zero attached hydrogens (tertiary/aromatic N) is 1. The fraction of sp³-hybridized carbons (Fsp3) is 0.115. The van der Waals surface area contributed by atoms with Crippen LogP contribution >= 0.6 is 12.4 Å². The first kappa shape index (κ1) is 26.7. The summed E-state index contributed by atoms with van der Waals surface area (Å²) in [5.74, 6) is -0.958. The highest BCUT2D eigenvalue weighted by Crippen LogP contribution is 2.32. The van der Waals surface area contributed by atoms with Gasteiger partial charge in [-0.1, -0.05) is 30.4 Å². The zero-order valence-corrected chi connectivity index (χ0v) is 19.4. The molecule has 0 bridgehead atoms. The van der Waals surface area contributed by atoms with Crippen LogP contribution in [0.25, 0.3) is 5.57 Å². The number of carbonyl (C=O) groups excluding carboxylic acids is 2. The Bertz CT molecular complexity index is 1310. The molecule has 1 unspecified atom stereocenters. The van der Waals surface area contributed by atoms with Crippen LogP contribution in [0.4, 0.5) is 24.5 Å². The Morgan fingerprint density at radius 1 is 1.06 bits per heavy atom. The van der Waals surface area contributed by atoms with Gasteiger partial charge in [-0.15, -0.1) is 12.4 Å². The van der Waals surface area contributed by atoms with E-state index in [-0.39, 0.29) is 18.8 Å². The van der Waals surface area contributed by atoms with E-state index in [1.54, 1.807) is 48.8 Å². The number of aliphatic hydroxyl groups is 1. The maximum absolute atomic E-state index is 12.9. The zero-order valence-electron chi connectivity index (χ0n) is 18.6. The minimum atomic E-state index is -4.44. The van der Waals surface area contributed by atoms with Gasteiger partial charge in [0.25, 0.3) is 5.91 Å². The van der Waals surface area contributed by atoms with E-state index in [1.165, 1.54) is 24.3 Å². The molecule has 2 heterocycles. The zero-order chi connectivity index (χ0) is 25.0. The molecule has 2 amide bonds. The second-order valence-corrected chi connectivity index (χ2v) is 7.78. The van der Waals surface area contributed by atoms with Gasteiger partial charge in [-0.2, -0.15) is 13.2 Å². The molecule has 1 aliphatic rings. The molecule has 0 radical (unpaired) electrons. The number of hydrogen-bond acceptors (Lipinski definition) is 4. The molecule has 10 heteroatoms. The number of amides is 2. The lowest BCUT2D eigenvalue weighted by Crippen LogP contribution is -2.34. The average Bonchev–Trinajstić information content (AvgIpc) is 2.83. The van der Waals surface area contributed by atoms with Crippen LogP contribution in [-0.2, 0) is 22.2 Å². The van der Waals surface area contributed by atoms with Crippen LogP contribution in [0, 0.1) is 0 Å². The lowest BCUT2D eigenvalue weighted by Gasteiger charge is -2.23. The number of alkyl halides is 3. The fourth-order valence-corrected chi connectivity index (χ4v) is 3.68. The summed E-state index contributed by atoms with van der Waals surface area (Å²) in [7, 11) is 0. The van der Waals surface area contributed by atoms with Gasteiger partial charge in [-0.3, -0.25) is 14.6 Å². The summed E-state index contributed by atoms with van der Waals surface area (Å²) >= 11 is 0. The van der Waals surface area contributed by atoms with Gasteiger partial charge in [0.2, 0.25) is 5.91 Å². The monoisotopic (exact) mass is 515 g/mol. The van der Waals surface area contributed by atoms with Gasteiger partial charge in [-0.05, 0) is 53.1 Å². The number of hydrogen-bond donors (Lipinski definition) is 3. The van der Waals surface area contributed by atoms with E-state index in [2.05, 4.69) is 15.6 Å². The van der Waals surface area contributed by atoms with E-state index < -0.39 is 29.7 Å². The first-order chi connectivity index (χ1) is 16.7. The molecule has 0 fully saturated rings. The maximum Gasteiger partial charge on any atom is 0.416 e. The SMILES string of the molecule is Cl.O=C(/C=C/C=C(/c1ccncc1)c1ccc(C(F)(F)F)cc1)Nc1cccc2c1CC(O)C(=O)N2. The van der Waals surface area contributed by atoms with Crippen molar-refractivity contribution in [2.45, 2.75) is 18.7 Å². The summed E-state index contributed by atoms with van der Waals surface area (Å²) in [4.78, 5) is 28.2. The molecule has 2 aromatic carbocycles. The number of aliphatic hydroxyl groups excluding tert-OH is 1. The van der Waals surface area contributed by atoms with Gasteiger partial charge in [0.05, 0.1) is 5.56 Å². The first-order valence-electron chi connectivity index (χ1n) is 10.6. The predicted molar refractivity (Wildman–Crippen MR) is 133 cm³/mol. The van der Waals surface area contributed by atoms with E-state index in [0.717, 1.165) is 12.1 Å². The summed E-state index contributed by atoms with van der Waals surface area (Å²) in [6, 6.07) is 13.2. The molecule has 0 saturated heterocycles. The second kappa shape index (κ2) is 11.2. The van der Waals surface area contributed by atoms with Gasteiger partial charge in [0.1, 0.15) is 6.10 Å². The third-order valence-corrected chi connectivity index (χ3v) is 5.42. The molecule has 3 aromatic rings. The number of carbonyl (C=O) groups is 2. The molecule has 1 atom stereocenters. The van der Waals surface area contributed by atoms with Gasteiger partial charge in [0.15, 0.2) is 0 Å². The van der Waals surface area contributed by atoms with E-state index in [9.17, 15) is 27.9 Å². The molecule has 1 aliphatic heterocycles. The lowest BCUT2D eigenvalue weighted by atomic mass is 9.97. The van der Waals surface area contributed by atoms with Crippen molar-refractivity contribution >= 4 is 41.2 Å². The summed E-state index contributed by atoms with van der Waals surface area (Å²) in [6.07, 6.45) is 1.96. The van der Waals surface area contributed by atoms with Gasteiger partial charge >= 0.3 is 6.18 Å². The van der Waals surface area contributed by atoms with E-state index in [1.807, 2.05) is 0 Å². The normalized spacial score (nSPS) is 15.6. The van der Waals surface area contributed by atoms with Crippen LogP contribution in [0.5, 0.6) is 0 Å². The first-order valence-corrected chi connectivity index (χ1v) is 10.6. The molecule has 186 valence electrons. The van der Waals surface area contributed by atoms with Gasteiger partial charge in [-0.25, -0.2) is 0 Å². The minimum absolute atomic E-state index is 0. The third-order valence-electron chi connectivity index (χ3n) is 5.42. The highest BCUT2D eigenvalue weighted by molar-refractivity contribution is 6.03. The van der Waals surface area contributed by atoms with Crippen LogP contribution < -0.4 is 10.6 Å². The Labute approximate surface area is 211 Å². The van der Waals surface area contributed by atoms with Gasteiger partial charge in [0, 0.05) is 41.8 Å². The minimum Gasteiger partial charge on any atom is -0.383 e. The summed E-state index contributed by atoms with van der Waals surface area (Å²) < 4.78 is 38.8. The fourth-order valence-electron chi connectivity index (χ4n) is 3.68. The Balaban J connectivity index is 0.00000361. The Kier molecular flexibility index (Phi) is 8.29. The van der Waals surface area contributed by atoms with E-state index in [4.69, 9.17) is 0 Å². The number of allylic oxidation sites excluding steroid dienone is 2. The van der Waals surface area contributed by atoms with Crippen molar-refractivity contribution in [1.29, 1.82) is 0 Å². The molecule has 6 nitrogen and oxygen atoms in total. The molecule has 1 aromatic heterocycles. The number of benzene rings is 2. The molecule has 4 rings (SSSR count). The summed E-state index contributed by atoms with van der Waals surface area (Å²) in [5.41, 5.74) is 2.69. The second-order valence-electron chi connectivity index (χ2n) is 7.78. The number of aromatic nitrogens is 1. The lowest BCUT2D eigenvalue weighted by molar-refractivity contribution is -0.137. The van der Waals surface area contributed by atoms with Crippen molar-refractivity contribution in [3.8, 4) is 0 Å². The van der Waals surface area contributed by atoms with Crippen molar-refractivity contribution in [2.75, 3.05) is 10.6 Å².